The molecule has 0 aliphatic carbocycles. The SMILES string of the molecule is N#CSC#Cc1ccc(Br)cc1. The van der Waals surface area contributed by atoms with E-state index in [9.17, 15) is 0 Å². The van der Waals surface area contributed by atoms with Gasteiger partial charge in [0.25, 0.3) is 0 Å². The van der Waals surface area contributed by atoms with Gasteiger partial charge in [0.05, 0.1) is 0 Å². The predicted molar refractivity (Wildman–Crippen MR) is 54.2 cm³/mol. The largest absolute Gasteiger partial charge is 0.184 e. The number of thiocyanates is 1. The predicted octanol–water partition coefficient (Wildman–Crippen LogP) is 2.97. The molecular weight excluding hydrogens is 234 g/mol. The van der Waals surface area contributed by atoms with E-state index in [-0.39, 0.29) is 0 Å². The van der Waals surface area contributed by atoms with Crippen LogP contribution in [0.2, 0.25) is 0 Å². The molecule has 0 unspecified atom stereocenters. The number of halogens is 1. The number of benzene rings is 1. The van der Waals surface area contributed by atoms with Gasteiger partial charge in [0.1, 0.15) is 5.40 Å². The molecule has 0 heterocycles. The van der Waals surface area contributed by atoms with Gasteiger partial charge in [-0.1, -0.05) is 21.9 Å². The first-order valence-corrected chi connectivity index (χ1v) is 4.75. The van der Waals surface area contributed by atoms with E-state index in [1.807, 2.05) is 29.7 Å². The van der Waals surface area contributed by atoms with Crippen molar-refractivity contribution in [3.05, 3.63) is 34.3 Å². The molecule has 0 spiro atoms. The first-order valence-electron chi connectivity index (χ1n) is 3.14. The third kappa shape index (κ3) is 3.00. The van der Waals surface area contributed by atoms with E-state index in [0.717, 1.165) is 21.8 Å². The fourth-order valence-corrected chi connectivity index (χ4v) is 1.12. The van der Waals surface area contributed by atoms with Crippen molar-refractivity contribution in [2.45, 2.75) is 0 Å². The van der Waals surface area contributed by atoms with Crippen molar-refractivity contribution in [2.75, 3.05) is 0 Å². The maximum absolute atomic E-state index is 8.19. The summed E-state index contributed by atoms with van der Waals surface area (Å²) in [5.74, 6) is 2.84. The highest BCUT2D eigenvalue weighted by Crippen LogP contribution is 2.09. The highest BCUT2D eigenvalue weighted by atomic mass is 79.9. The summed E-state index contributed by atoms with van der Waals surface area (Å²) in [6.07, 6.45) is 0. The van der Waals surface area contributed by atoms with Crippen LogP contribution in [-0.2, 0) is 0 Å². The van der Waals surface area contributed by atoms with Gasteiger partial charge in [-0.3, -0.25) is 0 Å². The lowest BCUT2D eigenvalue weighted by Crippen LogP contribution is -1.70. The molecule has 1 aromatic carbocycles. The van der Waals surface area contributed by atoms with E-state index in [0.29, 0.717) is 0 Å². The smallest absolute Gasteiger partial charge is 0.147 e. The normalized spacial score (nSPS) is 8.00. The highest BCUT2D eigenvalue weighted by Gasteiger charge is 1.85. The molecule has 0 aliphatic rings. The van der Waals surface area contributed by atoms with Gasteiger partial charge in [-0.25, -0.2) is 0 Å². The molecule has 58 valence electrons. The molecule has 3 heteroatoms. The quantitative estimate of drug-likeness (QED) is 0.512. The minimum Gasteiger partial charge on any atom is -0.184 e. The lowest BCUT2D eigenvalue weighted by atomic mass is 10.2. The van der Waals surface area contributed by atoms with Crippen LogP contribution in [-0.4, -0.2) is 0 Å². The minimum absolute atomic E-state index is 0.918. The molecule has 1 rings (SSSR count). The summed E-state index contributed by atoms with van der Waals surface area (Å²) >= 11 is 4.26. The number of nitrogens with zero attached hydrogens (tertiary/aromatic N) is 1. The van der Waals surface area contributed by atoms with Crippen LogP contribution in [0.3, 0.4) is 0 Å². The summed E-state index contributed by atoms with van der Waals surface area (Å²) in [5.41, 5.74) is 0.918. The molecule has 0 saturated carbocycles. The Kier molecular flexibility index (Phi) is 3.73. The van der Waals surface area contributed by atoms with Gasteiger partial charge in [-0.2, -0.15) is 5.26 Å². The molecule has 0 fully saturated rings. The standard InChI is InChI=1S/C9H4BrNS/c10-9-3-1-8(2-4-9)5-6-12-7-11/h1-4H. The molecule has 1 nitrogen and oxygen atoms in total. The van der Waals surface area contributed by atoms with Gasteiger partial charge in [0.2, 0.25) is 0 Å². The van der Waals surface area contributed by atoms with Crippen LogP contribution in [0.1, 0.15) is 5.56 Å². The van der Waals surface area contributed by atoms with Crippen LogP contribution in [0.4, 0.5) is 0 Å². The van der Waals surface area contributed by atoms with Crippen molar-refractivity contribution in [2.24, 2.45) is 0 Å². The third-order valence-electron chi connectivity index (χ3n) is 1.14. The second-order valence-corrected chi connectivity index (χ2v) is 3.43. The van der Waals surface area contributed by atoms with Gasteiger partial charge < -0.3 is 0 Å². The van der Waals surface area contributed by atoms with E-state index in [2.05, 4.69) is 27.1 Å². The van der Waals surface area contributed by atoms with Crippen LogP contribution in [0.15, 0.2) is 28.7 Å². The molecule has 0 aliphatic heterocycles. The summed E-state index contributed by atoms with van der Waals surface area (Å²) in [7, 11) is 0. The maximum atomic E-state index is 8.19. The second-order valence-electron chi connectivity index (χ2n) is 1.93. The molecule has 0 N–H and O–H groups in total. The Labute approximate surface area is 83.9 Å². The molecule has 0 saturated heterocycles. The van der Waals surface area contributed by atoms with E-state index in [1.165, 1.54) is 0 Å². The number of thioether (sulfide) groups is 1. The van der Waals surface area contributed by atoms with E-state index in [4.69, 9.17) is 5.26 Å². The minimum atomic E-state index is 0.918. The van der Waals surface area contributed by atoms with Crippen LogP contribution in [0.25, 0.3) is 0 Å². The van der Waals surface area contributed by atoms with Gasteiger partial charge >= 0.3 is 0 Å². The average Bonchev–Trinajstić information content (AvgIpc) is 2.09. The fraction of sp³-hybridized carbons (Fsp3) is 0. The van der Waals surface area contributed by atoms with Gasteiger partial charge in [0, 0.05) is 21.8 Å². The van der Waals surface area contributed by atoms with Crippen LogP contribution < -0.4 is 0 Å². The number of rotatable bonds is 0. The molecular formula is C9H4BrNS. The first kappa shape index (κ1) is 9.19. The summed E-state index contributed by atoms with van der Waals surface area (Å²) in [6.45, 7) is 0. The molecule has 12 heavy (non-hydrogen) atoms. The zero-order valence-corrected chi connectivity index (χ0v) is 8.45. The van der Waals surface area contributed by atoms with Crippen LogP contribution in [0, 0.1) is 21.8 Å². The second kappa shape index (κ2) is 4.87. The Hall–Kier alpha value is -0.900. The molecule has 0 aromatic heterocycles. The van der Waals surface area contributed by atoms with Crippen LogP contribution >= 0.6 is 27.7 Å². The maximum Gasteiger partial charge on any atom is 0.147 e. The number of nitriles is 1. The first-order chi connectivity index (χ1) is 5.83. The molecule has 0 bridgehead atoms. The van der Waals surface area contributed by atoms with Crippen molar-refractivity contribution in [3.8, 4) is 16.6 Å². The summed E-state index contributed by atoms with van der Waals surface area (Å²) in [4.78, 5) is 0. The van der Waals surface area contributed by atoms with Crippen molar-refractivity contribution < 1.29 is 0 Å². The van der Waals surface area contributed by atoms with Crippen LogP contribution in [0.5, 0.6) is 0 Å². The molecule has 0 radical (unpaired) electrons. The highest BCUT2D eigenvalue weighted by molar-refractivity contribution is 9.10. The number of hydrogen-bond acceptors (Lipinski definition) is 2. The van der Waals surface area contributed by atoms with Crippen molar-refractivity contribution >= 4 is 27.7 Å². The summed E-state index contributed by atoms with van der Waals surface area (Å²) in [5, 5.41) is 12.7. The molecule has 1 aromatic rings. The van der Waals surface area contributed by atoms with Crippen molar-refractivity contribution in [1.29, 1.82) is 5.26 Å². The van der Waals surface area contributed by atoms with Gasteiger partial charge in [-0.15, -0.1) is 0 Å². The topological polar surface area (TPSA) is 23.8 Å². The van der Waals surface area contributed by atoms with Gasteiger partial charge in [-0.05, 0) is 29.5 Å². The fourth-order valence-electron chi connectivity index (χ4n) is 0.640. The third-order valence-corrected chi connectivity index (χ3v) is 1.96. The van der Waals surface area contributed by atoms with Crippen molar-refractivity contribution in [1.82, 2.24) is 0 Å². The zero-order valence-electron chi connectivity index (χ0n) is 6.04. The lowest BCUT2D eigenvalue weighted by molar-refractivity contribution is 1.57. The Morgan fingerprint density at radius 1 is 1.25 bits per heavy atom. The number of hydrogen-bond donors (Lipinski definition) is 0. The van der Waals surface area contributed by atoms with E-state index in [1.54, 1.807) is 0 Å². The Balaban J connectivity index is 2.74. The monoisotopic (exact) mass is 237 g/mol. The van der Waals surface area contributed by atoms with Gasteiger partial charge in [0.15, 0.2) is 0 Å². The van der Waals surface area contributed by atoms with E-state index < -0.39 is 0 Å². The lowest BCUT2D eigenvalue weighted by Gasteiger charge is -1.88. The average molecular weight is 238 g/mol. The Bertz CT molecular complexity index is 353. The van der Waals surface area contributed by atoms with Crippen molar-refractivity contribution in [3.63, 3.8) is 0 Å². The Morgan fingerprint density at radius 3 is 2.50 bits per heavy atom. The zero-order chi connectivity index (χ0) is 8.81. The summed E-state index contributed by atoms with van der Waals surface area (Å²) in [6, 6.07) is 7.63. The molecule has 0 atom stereocenters. The Morgan fingerprint density at radius 2 is 1.92 bits per heavy atom. The van der Waals surface area contributed by atoms with E-state index >= 15 is 0 Å². The summed E-state index contributed by atoms with van der Waals surface area (Å²) < 4.78 is 1.03. The molecule has 0 amide bonds.